The van der Waals surface area contributed by atoms with E-state index >= 15 is 0 Å². The molecule has 2 aromatic rings. The fourth-order valence-corrected chi connectivity index (χ4v) is 1.98. The smallest absolute Gasteiger partial charge is 0.336 e. The standard InChI is InChI=1S/C14H12O3/c1-9(15)8-10-4-2-6-12-11(10)5-3-7-13(12)14(16)17/h2-7H,8H2,1H3,(H,16,17). The minimum Gasteiger partial charge on any atom is -0.478 e. The van der Waals surface area contributed by atoms with Crippen molar-refractivity contribution in [3.8, 4) is 0 Å². The lowest BCUT2D eigenvalue weighted by atomic mass is 9.97. The number of aromatic carboxylic acids is 1. The third-order valence-corrected chi connectivity index (χ3v) is 2.68. The number of carbonyl (C=O) groups is 2. The highest BCUT2D eigenvalue weighted by Crippen LogP contribution is 2.23. The zero-order chi connectivity index (χ0) is 12.4. The molecule has 0 aliphatic rings. The van der Waals surface area contributed by atoms with Gasteiger partial charge in [0.15, 0.2) is 0 Å². The molecule has 0 spiro atoms. The summed E-state index contributed by atoms with van der Waals surface area (Å²) in [6, 6.07) is 10.5. The lowest BCUT2D eigenvalue weighted by molar-refractivity contribution is -0.116. The molecule has 17 heavy (non-hydrogen) atoms. The SMILES string of the molecule is CC(=O)Cc1cccc2c(C(=O)O)cccc12. The highest BCUT2D eigenvalue weighted by Gasteiger charge is 2.10. The molecule has 1 N–H and O–H groups in total. The molecule has 0 saturated heterocycles. The number of hydrogen-bond acceptors (Lipinski definition) is 2. The largest absolute Gasteiger partial charge is 0.478 e. The summed E-state index contributed by atoms with van der Waals surface area (Å²) in [6.45, 7) is 1.53. The topological polar surface area (TPSA) is 54.4 Å². The Kier molecular flexibility index (Phi) is 2.91. The van der Waals surface area contributed by atoms with E-state index in [9.17, 15) is 9.59 Å². The summed E-state index contributed by atoms with van der Waals surface area (Å²) in [5.41, 5.74) is 1.14. The first kappa shape index (κ1) is 11.3. The van der Waals surface area contributed by atoms with E-state index in [4.69, 9.17) is 5.11 Å². The van der Waals surface area contributed by atoms with Crippen molar-refractivity contribution in [3.63, 3.8) is 0 Å². The van der Waals surface area contributed by atoms with Crippen LogP contribution in [0.15, 0.2) is 36.4 Å². The van der Waals surface area contributed by atoms with E-state index in [1.54, 1.807) is 24.3 Å². The minimum absolute atomic E-state index is 0.0678. The van der Waals surface area contributed by atoms with E-state index in [0.717, 1.165) is 10.9 Å². The number of fused-ring (bicyclic) bond motifs is 1. The van der Waals surface area contributed by atoms with Gasteiger partial charge in [-0.1, -0.05) is 30.3 Å². The number of Topliss-reactive ketones (excluding diaryl/α,β-unsaturated/α-hetero) is 1. The van der Waals surface area contributed by atoms with Crippen molar-refractivity contribution in [1.82, 2.24) is 0 Å². The van der Waals surface area contributed by atoms with Crippen LogP contribution in [0.1, 0.15) is 22.8 Å². The second-order valence-corrected chi connectivity index (χ2v) is 4.00. The van der Waals surface area contributed by atoms with E-state index in [0.29, 0.717) is 11.8 Å². The monoisotopic (exact) mass is 228 g/mol. The van der Waals surface area contributed by atoms with E-state index in [2.05, 4.69) is 0 Å². The molecule has 3 heteroatoms. The van der Waals surface area contributed by atoms with Crippen molar-refractivity contribution in [2.45, 2.75) is 13.3 Å². The summed E-state index contributed by atoms with van der Waals surface area (Å²) in [5, 5.41) is 10.6. The van der Waals surface area contributed by atoms with E-state index in [-0.39, 0.29) is 11.3 Å². The van der Waals surface area contributed by atoms with Crippen LogP contribution in [0.2, 0.25) is 0 Å². The summed E-state index contributed by atoms with van der Waals surface area (Å²) in [6.07, 6.45) is 0.334. The van der Waals surface area contributed by atoms with Crippen molar-refractivity contribution in [3.05, 3.63) is 47.5 Å². The number of ketones is 1. The van der Waals surface area contributed by atoms with Crippen LogP contribution in [0.3, 0.4) is 0 Å². The molecule has 86 valence electrons. The second kappa shape index (κ2) is 4.37. The quantitative estimate of drug-likeness (QED) is 0.878. The van der Waals surface area contributed by atoms with Crippen LogP contribution in [0.5, 0.6) is 0 Å². The van der Waals surface area contributed by atoms with Crippen LogP contribution in [-0.4, -0.2) is 16.9 Å². The van der Waals surface area contributed by atoms with E-state index in [1.165, 1.54) is 6.92 Å². The maximum atomic E-state index is 11.2. The third-order valence-electron chi connectivity index (χ3n) is 2.68. The maximum Gasteiger partial charge on any atom is 0.336 e. The molecule has 0 aliphatic heterocycles. The predicted molar refractivity (Wildman–Crippen MR) is 65.3 cm³/mol. The van der Waals surface area contributed by atoms with Gasteiger partial charge in [0.2, 0.25) is 0 Å². The Labute approximate surface area is 98.7 Å². The molecule has 2 aromatic carbocycles. The molecule has 0 saturated carbocycles. The van der Waals surface area contributed by atoms with Gasteiger partial charge in [0.05, 0.1) is 5.56 Å². The number of benzene rings is 2. The van der Waals surface area contributed by atoms with Gasteiger partial charge in [-0.05, 0) is 29.3 Å². The summed E-state index contributed by atoms with van der Waals surface area (Å²) in [4.78, 5) is 22.2. The molecule has 0 aliphatic carbocycles. The summed E-state index contributed by atoms with van der Waals surface area (Å²) in [5.74, 6) is -0.881. The molecule has 0 heterocycles. The van der Waals surface area contributed by atoms with Crippen LogP contribution in [0.4, 0.5) is 0 Å². The number of carbonyl (C=O) groups excluding carboxylic acids is 1. The molecule has 0 atom stereocenters. The number of carboxylic acid groups (broad SMARTS) is 1. The van der Waals surface area contributed by atoms with Gasteiger partial charge in [-0.2, -0.15) is 0 Å². The van der Waals surface area contributed by atoms with Gasteiger partial charge in [-0.25, -0.2) is 4.79 Å². The Hall–Kier alpha value is -2.16. The molecule has 0 fully saturated rings. The van der Waals surface area contributed by atoms with Crippen molar-refractivity contribution in [2.75, 3.05) is 0 Å². The van der Waals surface area contributed by atoms with Crippen molar-refractivity contribution in [1.29, 1.82) is 0 Å². The Balaban J connectivity index is 2.69. The molecule has 0 aromatic heterocycles. The Morgan fingerprint density at radius 3 is 2.35 bits per heavy atom. The average molecular weight is 228 g/mol. The molecule has 0 amide bonds. The molecule has 0 bridgehead atoms. The first-order chi connectivity index (χ1) is 8.09. The summed E-state index contributed by atoms with van der Waals surface area (Å²) in [7, 11) is 0. The Morgan fingerprint density at radius 1 is 1.06 bits per heavy atom. The Bertz CT molecular complexity index is 599. The molecule has 2 rings (SSSR count). The molecule has 0 radical (unpaired) electrons. The lowest BCUT2D eigenvalue weighted by Crippen LogP contribution is -2.00. The molecule has 0 unspecified atom stereocenters. The third kappa shape index (κ3) is 2.18. The number of carboxylic acids is 1. The highest BCUT2D eigenvalue weighted by molar-refractivity contribution is 6.05. The van der Waals surface area contributed by atoms with Gasteiger partial charge in [-0.3, -0.25) is 4.79 Å². The lowest BCUT2D eigenvalue weighted by Gasteiger charge is -2.07. The average Bonchev–Trinajstić information content (AvgIpc) is 2.28. The van der Waals surface area contributed by atoms with E-state index in [1.807, 2.05) is 12.1 Å². The number of hydrogen-bond donors (Lipinski definition) is 1. The van der Waals surface area contributed by atoms with Crippen LogP contribution in [-0.2, 0) is 11.2 Å². The second-order valence-electron chi connectivity index (χ2n) is 4.00. The van der Waals surface area contributed by atoms with E-state index < -0.39 is 5.97 Å². The summed E-state index contributed by atoms with van der Waals surface area (Å²) >= 11 is 0. The van der Waals surface area contributed by atoms with Gasteiger partial charge < -0.3 is 5.11 Å². The highest BCUT2D eigenvalue weighted by atomic mass is 16.4. The normalized spacial score (nSPS) is 10.4. The van der Waals surface area contributed by atoms with Gasteiger partial charge in [0, 0.05) is 6.42 Å². The molecular formula is C14H12O3. The van der Waals surface area contributed by atoms with Crippen molar-refractivity contribution >= 4 is 22.5 Å². The fraction of sp³-hybridized carbons (Fsp3) is 0.143. The van der Waals surface area contributed by atoms with Gasteiger partial charge in [-0.15, -0.1) is 0 Å². The van der Waals surface area contributed by atoms with Gasteiger partial charge in [0.1, 0.15) is 5.78 Å². The summed E-state index contributed by atoms with van der Waals surface area (Å²) < 4.78 is 0. The first-order valence-electron chi connectivity index (χ1n) is 5.33. The maximum absolute atomic E-state index is 11.2. The van der Waals surface area contributed by atoms with Crippen molar-refractivity contribution in [2.24, 2.45) is 0 Å². The fourth-order valence-electron chi connectivity index (χ4n) is 1.98. The zero-order valence-corrected chi connectivity index (χ0v) is 9.43. The van der Waals surface area contributed by atoms with Crippen LogP contribution in [0, 0.1) is 0 Å². The van der Waals surface area contributed by atoms with Crippen LogP contribution < -0.4 is 0 Å². The Morgan fingerprint density at radius 2 is 1.71 bits per heavy atom. The first-order valence-corrected chi connectivity index (χ1v) is 5.33. The molecule has 3 nitrogen and oxygen atoms in total. The minimum atomic E-state index is -0.949. The van der Waals surface area contributed by atoms with Crippen LogP contribution >= 0.6 is 0 Å². The van der Waals surface area contributed by atoms with Gasteiger partial charge >= 0.3 is 5.97 Å². The predicted octanol–water partition coefficient (Wildman–Crippen LogP) is 2.67. The van der Waals surface area contributed by atoms with Gasteiger partial charge in [0.25, 0.3) is 0 Å². The zero-order valence-electron chi connectivity index (χ0n) is 9.43. The number of rotatable bonds is 3. The van der Waals surface area contributed by atoms with Crippen molar-refractivity contribution < 1.29 is 14.7 Å². The van der Waals surface area contributed by atoms with Crippen LogP contribution in [0.25, 0.3) is 10.8 Å². The molecular weight excluding hydrogens is 216 g/mol.